The van der Waals surface area contributed by atoms with Gasteiger partial charge in [-0.05, 0) is 72.9 Å². The summed E-state index contributed by atoms with van der Waals surface area (Å²) >= 11 is 1.97. The van der Waals surface area contributed by atoms with Gasteiger partial charge in [0.2, 0.25) is 0 Å². The van der Waals surface area contributed by atoms with E-state index >= 15 is 0 Å². The normalized spacial score (nSPS) is 11.5. The lowest BCUT2D eigenvalue weighted by atomic mass is 10.0. The quantitative estimate of drug-likeness (QED) is 0.632. The first-order chi connectivity index (χ1) is 11.0. The summed E-state index contributed by atoms with van der Waals surface area (Å²) in [7, 11) is -0.279. The van der Waals surface area contributed by atoms with E-state index in [4.69, 9.17) is 0 Å². The van der Waals surface area contributed by atoms with Crippen LogP contribution < -0.4 is 5.19 Å². The summed E-state index contributed by atoms with van der Waals surface area (Å²) in [4.78, 5) is 1.36. The zero-order valence-electron chi connectivity index (χ0n) is 15.0. The summed E-state index contributed by atoms with van der Waals surface area (Å²) < 4.78 is 0. The highest BCUT2D eigenvalue weighted by molar-refractivity contribution is 8.00. The van der Waals surface area contributed by atoms with Crippen molar-refractivity contribution in [2.45, 2.75) is 52.4 Å². The summed E-state index contributed by atoms with van der Waals surface area (Å²) in [5, 5.41) is 12.8. The summed E-state index contributed by atoms with van der Waals surface area (Å²) in [6.45, 7) is 10.8. The summed E-state index contributed by atoms with van der Waals surface area (Å²) in [5.41, 5.74) is 6.57. The van der Waals surface area contributed by atoms with E-state index in [0.717, 1.165) is 18.4 Å². The third-order valence-electron chi connectivity index (χ3n) is 4.72. The first-order valence-electron chi connectivity index (χ1n) is 8.51. The topological polar surface area (TPSA) is 20.2 Å². The standard InChI is InChI=1S/C20H28OSSi/c1-6-16-9-8-10-19(17(16)7-2)23-12-22-20-13(3)11-18(21)14(4)15(20)5/h8-11,21H,6-7,12,23H2,1-5H3. The van der Waals surface area contributed by atoms with E-state index in [1.807, 2.05) is 24.8 Å². The van der Waals surface area contributed by atoms with Gasteiger partial charge in [0.05, 0.1) is 9.52 Å². The van der Waals surface area contributed by atoms with Crippen molar-refractivity contribution in [3.63, 3.8) is 0 Å². The molecule has 0 fully saturated rings. The van der Waals surface area contributed by atoms with E-state index < -0.39 is 0 Å². The molecule has 2 aromatic rings. The number of benzene rings is 2. The molecule has 124 valence electrons. The molecule has 0 radical (unpaired) electrons. The van der Waals surface area contributed by atoms with Gasteiger partial charge in [0.1, 0.15) is 5.75 Å². The van der Waals surface area contributed by atoms with Crippen LogP contribution in [0.2, 0.25) is 0 Å². The number of thioether (sulfide) groups is 1. The fraction of sp³-hybridized carbons (Fsp3) is 0.400. The molecule has 2 rings (SSSR count). The lowest BCUT2D eigenvalue weighted by molar-refractivity contribution is 0.469. The number of aryl methyl sites for hydroxylation is 2. The number of aromatic hydroxyl groups is 1. The van der Waals surface area contributed by atoms with E-state index in [1.54, 1.807) is 10.8 Å². The Balaban J connectivity index is 2.14. The largest absolute Gasteiger partial charge is 0.508 e. The Morgan fingerprint density at radius 3 is 2.43 bits per heavy atom. The van der Waals surface area contributed by atoms with Crippen LogP contribution in [0.25, 0.3) is 0 Å². The third-order valence-corrected chi connectivity index (χ3v) is 8.47. The molecular weight excluding hydrogens is 316 g/mol. The number of phenolic OH excluding ortho intramolecular Hbond substituents is 1. The van der Waals surface area contributed by atoms with Gasteiger partial charge < -0.3 is 5.11 Å². The monoisotopic (exact) mass is 344 g/mol. The number of hydrogen-bond donors (Lipinski definition) is 1. The Morgan fingerprint density at radius 2 is 1.78 bits per heavy atom. The van der Waals surface area contributed by atoms with Crippen LogP contribution in [0.3, 0.4) is 0 Å². The van der Waals surface area contributed by atoms with Crippen molar-refractivity contribution >= 4 is 26.5 Å². The second-order valence-corrected chi connectivity index (χ2v) is 9.74. The van der Waals surface area contributed by atoms with Crippen LogP contribution >= 0.6 is 11.8 Å². The molecule has 0 spiro atoms. The van der Waals surface area contributed by atoms with Gasteiger partial charge in [0.25, 0.3) is 0 Å². The molecular formula is C20H28OSSi. The first kappa shape index (κ1) is 18.1. The minimum atomic E-state index is -0.279. The molecule has 0 bridgehead atoms. The third kappa shape index (κ3) is 4.02. The molecule has 2 aromatic carbocycles. The minimum absolute atomic E-state index is 0.279. The van der Waals surface area contributed by atoms with Gasteiger partial charge in [0.15, 0.2) is 0 Å². The van der Waals surface area contributed by atoms with Crippen molar-refractivity contribution in [3.05, 3.63) is 52.1 Å². The lowest BCUT2D eigenvalue weighted by Gasteiger charge is -2.15. The van der Waals surface area contributed by atoms with Gasteiger partial charge >= 0.3 is 0 Å². The smallest absolute Gasteiger partial charge is 0.119 e. The Hall–Kier alpha value is -1.19. The molecule has 3 heteroatoms. The average molecular weight is 345 g/mol. The van der Waals surface area contributed by atoms with Crippen molar-refractivity contribution in [3.8, 4) is 5.75 Å². The second-order valence-electron chi connectivity index (χ2n) is 6.15. The Morgan fingerprint density at radius 1 is 1.04 bits per heavy atom. The van der Waals surface area contributed by atoms with Crippen molar-refractivity contribution in [2.24, 2.45) is 0 Å². The van der Waals surface area contributed by atoms with Crippen LogP contribution in [0, 0.1) is 20.8 Å². The highest BCUT2D eigenvalue weighted by atomic mass is 32.2. The Bertz CT molecular complexity index is 695. The molecule has 0 aliphatic rings. The van der Waals surface area contributed by atoms with E-state index in [1.165, 1.54) is 27.0 Å². The predicted octanol–water partition coefficient (Wildman–Crippen LogP) is 3.99. The lowest BCUT2D eigenvalue weighted by Crippen LogP contribution is -2.22. The number of rotatable bonds is 6. The number of phenols is 1. The zero-order valence-corrected chi connectivity index (χ0v) is 17.2. The van der Waals surface area contributed by atoms with E-state index in [9.17, 15) is 5.11 Å². The zero-order chi connectivity index (χ0) is 17.0. The molecule has 0 aliphatic heterocycles. The van der Waals surface area contributed by atoms with Crippen LogP contribution in [-0.4, -0.2) is 20.0 Å². The van der Waals surface area contributed by atoms with Crippen LogP contribution in [0.15, 0.2) is 29.2 Å². The molecule has 1 N–H and O–H groups in total. The van der Waals surface area contributed by atoms with Gasteiger partial charge in [-0.3, -0.25) is 0 Å². The molecule has 0 unspecified atom stereocenters. The maximum atomic E-state index is 9.93. The van der Waals surface area contributed by atoms with Crippen LogP contribution in [0.5, 0.6) is 5.75 Å². The molecule has 0 saturated heterocycles. The molecule has 0 aromatic heterocycles. The van der Waals surface area contributed by atoms with Gasteiger partial charge in [-0.25, -0.2) is 0 Å². The van der Waals surface area contributed by atoms with Crippen molar-refractivity contribution in [1.29, 1.82) is 0 Å². The van der Waals surface area contributed by atoms with Crippen LogP contribution in [0.4, 0.5) is 0 Å². The van der Waals surface area contributed by atoms with Gasteiger partial charge in [-0.15, -0.1) is 11.8 Å². The maximum Gasteiger partial charge on any atom is 0.119 e. The van der Waals surface area contributed by atoms with Crippen molar-refractivity contribution in [2.75, 3.05) is 5.38 Å². The fourth-order valence-corrected chi connectivity index (χ4v) is 7.07. The molecule has 0 aliphatic carbocycles. The highest BCUT2D eigenvalue weighted by Gasteiger charge is 2.11. The van der Waals surface area contributed by atoms with Crippen molar-refractivity contribution < 1.29 is 5.11 Å². The molecule has 1 nitrogen and oxygen atoms in total. The Kier molecular flexibility index (Phi) is 6.37. The van der Waals surface area contributed by atoms with E-state index in [2.05, 4.69) is 45.9 Å². The summed E-state index contributed by atoms with van der Waals surface area (Å²) in [6.07, 6.45) is 2.28. The number of hydrogen-bond acceptors (Lipinski definition) is 2. The van der Waals surface area contributed by atoms with Gasteiger partial charge in [-0.2, -0.15) is 0 Å². The maximum absolute atomic E-state index is 9.93. The summed E-state index contributed by atoms with van der Waals surface area (Å²) in [6, 6.07) is 8.75. The van der Waals surface area contributed by atoms with Gasteiger partial charge in [-0.1, -0.05) is 37.2 Å². The van der Waals surface area contributed by atoms with Crippen molar-refractivity contribution in [1.82, 2.24) is 0 Å². The highest BCUT2D eigenvalue weighted by Crippen LogP contribution is 2.33. The molecule has 23 heavy (non-hydrogen) atoms. The first-order valence-corrected chi connectivity index (χ1v) is 11.2. The fourth-order valence-electron chi connectivity index (χ4n) is 3.23. The molecule has 0 heterocycles. The van der Waals surface area contributed by atoms with E-state index in [0.29, 0.717) is 5.75 Å². The predicted molar refractivity (Wildman–Crippen MR) is 106 cm³/mol. The molecule has 0 amide bonds. The Labute approximate surface area is 147 Å². The van der Waals surface area contributed by atoms with Crippen LogP contribution in [0.1, 0.15) is 41.7 Å². The minimum Gasteiger partial charge on any atom is -0.508 e. The van der Waals surface area contributed by atoms with Crippen LogP contribution in [-0.2, 0) is 12.8 Å². The van der Waals surface area contributed by atoms with Gasteiger partial charge in [0, 0.05) is 4.90 Å². The molecule has 0 saturated carbocycles. The SMILES string of the molecule is CCc1cccc([SiH2]CSc2c(C)cc(O)c(C)c2C)c1CC. The average Bonchev–Trinajstić information content (AvgIpc) is 2.55. The summed E-state index contributed by atoms with van der Waals surface area (Å²) in [5.74, 6) is 0.422. The second kappa shape index (κ2) is 8.07. The van der Waals surface area contributed by atoms with E-state index in [-0.39, 0.29) is 9.52 Å². The molecule has 0 atom stereocenters.